The zero-order chi connectivity index (χ0) is 19.7. The van der Waals surface area contributed by atoms with E-state index < -0.39 is 5.60 Å². The van der Waals surface area contributed by atoms with Crippen LogP contribution < -0.4 is 4.74 Å². The van der Waals surface area contributed by atoms with Crippen molar-refractivity contribution in [3.8, 4) is 17.1 Å². The van der Waals surface area contributed by atoms with Gasteiger partial charge in [0.15, 0.2) is 5.60 Å². The van der Waals surface area contributed by atoms with Crippen LogP contribution >= 0.6 is 0 Å². The van der Waals surface area contributed by atoms with Crippen molar-refractivity contribution in [3.63, 3.8) is 0 Å². The summed E-state index contributed by atoms with van der Waals surface area (Å²) < 4.78 is 13.4. The Morgan fingerprint density at radius 2 is 1.30 bits per heavy atom. The molecule has 141 valence electrons. The Bertz CT molecular complexity index is 1430. The molecule has 0 saturated heterocycles. The highest BCUT2D eigenvalue weighted by Gasteiger charge is 2.57. The van der Waals surface area contributed by atoms with Crippen LogP contribution in [0.4, 0.5) is 0 Å². The molecule has 1 radical (unpaired) electrons. The fourth-order valence-electron chi connectivity index (χ4n) is 5.17. The number of para-hydroxylation sites is 2. The van der Waals surface area contributed by atoms with Gasteiger partial charge in [-0.3, -0.25) is 0 Å². The van der Waals surface area contributed by atoms with Gasteiger partial charge in [-0.2, -0.15) is 0 Å². The van der Waals surface area contributed by atoms with E-state index in [2.05, 4.69) is 84.9 Å². The molecule has 4 aromatic carbocycles. The summed E-state index contributed by atoms with van der Waals surface area (Å²) in [6.07, 6.45) is 0. The average molecular weight is 385 g/mol. The van der Waals surface area contributed by atoms with Gasteiger partial charge in [0.1, 0.15) is 17.1 Å². The summed E-state index contributed by atoms with van der Waals surface area (Å²) in [6, 6.07) is 35.7. The summed E-state index contributed by atoms with van der Waals surface area (Å²) in [6.45, 7) is 0. The lowest BCUT2D eigenvalue weighted by Gasteiger charge is -2.39. The van der Waals surface area contributed by atoms with Crippen molar-refractivity contribution in [1.82, 2.24) is 0 Å². The molecule has 2 heterocycles. The van der Waals surface area contributed by atoms with Crippen molar-refractivity contribution in [2.24, 2.45) is 0 Å². The Morgan fingerprint density at radius 1 is 0.600 bits per heavy atom. The summed E-state index contributed by atoms with van der Waals surface area (Å²) >= 11 is 0. The van der Waals surface area contributed by atoms with E-state index in [1.165, 1.54) is 5.92 Å². The number of hydrogen-bond acceptors (Lipinski definition) is 2. The number of ether oxygens (including phenoxy) is 1. The van der Waals surface area contributed by atoms with E-state index >= 15 is 0 Å². The van der Waals surface area contributed by atoms with E-state index in [4.69, 9.17) is 9.15 Å². The molecule has 0 bridgehead atoms. The number of fused-ring (bicyclic) bond motifs is 10. The topological polar surface area (TPSA) is 22.4 Å². The highest BCUT2D eigenvalue weighted by atomic mass is 16.5. The van der Waals surface area contributed by atoms with Crippen LogP contribution in [-0.4, -0.2) is 0 Å². The van der Waals surface area contributed by atoms with Gasteiger partial charge in [0.25, 0.3) is 0 Å². The maximum absolute atomic E-state index is 6.91. The molecule has 1 aliphatic heterocycles. The van der Waals surface area contributed by atoms with Crippen LogP contribution in [0.1, 0.15) is 22.3 Å². The van der Waals surface area contributed by atoms with Crippen molar-refractivity contribution >= 4 is 11.0 Å². The van der Waals surface area contributed by atoms with Crippen LogP contribution in [0.5, 0.6) is 5.75 Å². The second-order valence-corrected chi connectivity index (χ2v) is 7.87. The molecule has 0 amide bonds. The molecule has 0 saturated carbocycles. The number of benzene rings is 4. The van der Waals surface area contributed by atoms with Gasteiger partial charge < -0.3 is 9.15 Å². The Labute approximate surface area is 174 Å². The first-order valence-electron chi connectivity index (χ1n) is 10.2. The summed E-state index contributed by atoms with van der Waals surface area (Å²) in [5.74, 6) is 3.00. The third-order valence-corrected chi connectivity index (χ3v) is 6.35. The van der Waals surface area contributed by atoms with Crippen LogP contribution in [0.15, 0.2) is 108 Å². The molecule has 0 fully saturated rings. The molecule has 1 aliphatic carbocycles. The SMILES string of the molecule is c1ccc([C@@]23Oc4ccccc4[C]2c2c(oc4ccccc24)-c2ccccc23)cc1. The van der Waals surface area contributed by atoms with E-state index in [0.29, 0.717) is 0 Å². The summed E-state index contributed by atoms with van der Waals surface area (Å²) in [5.41, 5.74) is 5.79. The van der Waals surface area contributed by atoms with Gasteiger partial charge in [0.2, 0.25) is 0 Å². The second-order valence-electron chi connectivity index (χ2n) is 7.87. The lowest BCUT2D eigenvalue weighted by molar-refractivity contribution is 0.159. The van der Waals surface area contributed by atoms with Gasteiger partial charge in [0.05, 0.1) is 5.92 Å². The van der Waals surface area contributed by atoms with E-state index in [0.717, 1.165) is 50.3 Å². The average Bonchev–Trinajstić information content (AvgIpc) is 3.36. The summed E-state index contributed by atoms with van der Waals surface area (Å²) in [5, 5.41) is 1.12. The molecule has 1 atom stereocenters. The third kappa shape index (κ3) is 1.84. The predicted molar refractivity (Wildman–Crippen MR) is 117 cm³/mol. The van der Waals surface area contributed by atoms with Gasteiger partial charge in [-0.25, -0.2) is 0 Å². The van der Waals surface area contributed by atoms with Gasteiger partial charge in [0, 0.05) is 33.2 Å². The molecule has 0 N–H and O–H groups in total. The van der Waals surface area contributed by atoms with Crippen LogP contribution in [0.2, 0.25) is 0 Å². The summed E-state index contributed by atoms with van der Waals surface area (Å²) in [7, 11) is 0. The van der Waals surface area contributed by atoms with Gasteiger partial charge in [-0.15, -0.1) is 0 Å². The molecule has 30 heavy (non-hydrogen) atoms. The number of hydrogen-bond donors (Lipinski definition) is 0. The largest absolute Gasteiger partial charge is 0.476 e. The fourth-order valence-corrected chi connectivity index (χ4v) is 5.17. The molecular formula is C28H17O2. The monoisotopic (exact) mass is 385 g/mol. The van der Waals surface area contributed by atoms with Crippen molar-refractivity contribution in [1.29, 1.82) is 0 Å². The lowest BCUT2D eigenvalue weighted by atomic mass is 9.66. The molecule has 0 unspecified atom stereocenters. The second kappa shape index (κ2) is 5.64. The van der Waals surface area contributed by atoms with Crippen molar-refractivity contribution < 1.29 is 9.15 Å². The molecule has 0 spiro atoms. The highest BCUT2D eigenvalue weighted by molar-refractivity contribution is 5.96. The minimum Gasteiger partial charge on any atom is -0.476 e. The minimum atomic E-state index is -0.707. The van der Waals surface area contributed by atoms with Gasteiger partial charge in [-0.1, -0.05) is 91.0 Å². The molecule has 7 rings (SSSR count). The fraction of sp³-hybridized carbons (Fsp3) is 0.0357. The van der Waals surface area contributed by atoms with E-state index in [-0.39, 0.29) is 0 Å². The van der Waals surface area contributed by atoms with Crippen LogP contribution in [0, 0.1) is 5.92 Å². The van der Waals surface area contributed by atoms with Crippen molar-refractivity contribution in [2.75, 3.05) is 0 Å². The first kappa shape index (κ1) is 16.1. The van der Waals surface area contributed by atoms with Crippen molar-refractivity contribution in [3.05, 3.63) is 131 Å². The van der Waals surface area contributed by atoms with E-state index in [1.807, 2.05) is 18.2 Å². The predicted octanol–water partition coefficient (Wildman–Crippen LogP) is 6.72. The Balaban J connectivity index is 1.69. The minimum absolute atomic E-state index is 0.707. The maximum atomic E-state index is 6.91. The van der Waals surface area contributed by atoms with E-state index in [9.17, 15) is 0 Å². The van der Waals surface area contributed by atoms with Gasteiger partial charge >= 0.3 is 0 Å². The third-order valence-electron chi connectivity index (χ3n) is 6.35. The maximum Gasteiger partial charge on any atom is 0.175 e. The number of rotatable bonds is 1. The first-order valence-corrected chi connectivity index (χ1v) is 10.2. The normalized spacial score (nSPS) is 18.9. The smallest absolute Gasteiger partial charge is 0.175 e. The standard InChI is InChI=1S/C28H17O2/c1-2-10-18(11-3-1)28-22-15-7-4-12-19(22)27-25(20-13-5-8-16-23(20)29-27)26(28)21-14-6-9-17-24(21)30-28/h1-17H/t28-/m0/s1. The summed E-state index contributed by atoms with van der Waals surface area (Å²) in [4.78, 5) is 0. The highest BCUT2D eigenvalue weighted by Crippen LogP contribution is 2.63. The quantitative estimate of drug-likeness (QED) is 0.320. The molecule has 5 aromatic rings. The van der Waals surface area contributed by atoms with Crippen LogP contribution in [0.3, 0.4) is 0 Å². The molecule has 2 heteroatoms. The van der Waals surface area contributed by atoms with E-state index in [1.54, 1.807) is 0 Å². The van der Waals surface area contributed by atoms with Crippen LogP contribution in [-0.2, 0) is 5.60 Å². The molecule has 1 aromatic heterocycles. The first-order chi connectivity index (χ1) is 14.9. The van der Waals surface area contributed by atoms with Gasteiger partial charge in [-0.05, 0) is 12.1 Å². The van der Waals surface area contributed by atoms with Crippen molar-refractivity contribution in [2.45, 2.75) is 5.60 Å². The lowest BCUT2D eigenvalue weighted by Crippen LogP contribution is -2.40. The Kier molecular flexibility index (Phi) is 3.02. The Morgan fingerprint density at radius 3 is 2.20 bits per heavy atom. The zero-order valence-electron chi connectivity index (χ0n) is 16.1. The molecular weight excluding hydrogens is 368 g/mol. The molecule has 2 aliphatic rings. The number of furan rings is 1. The zero-order valence-corrected chi connectivity index (χ0v) is 16.1. The Hall–Kier alpha value is -3.78. The molecule has 2 nitrogen and oxygen atoms in total. The van der Waals surface area contributed by atoms with Crippen LogP contribution in [0.25, 0.3) is 22.3 Å².